The Hall–Kier alpha value is -3.96. The molecule has 1 fully saturated rings. The summed E-state index contributed by atoms with van der Waals surface area (Å²) in [6.07, 6.45) is 0. The Morgan fingerprint density at radius 3 is 2.43 bits per heavy atom. The number of hydrogen-bond acceptors (Lipinski definition) is 8. The molecule has 10 nitrogen and oxygen atoms in total. The first-order chi connectivity index (χ1) is 18.0. The quantitative estimate of drug-likeness (QED) is 0.341. The van der Waals surface area contributed by atoms with Crippen molar-refractivity contribution in [3.8, 4) is 22.8 Å². The maximum absolute atomic E-state index is 12.9. The zero-order valence-electron chi connectivity index (χ0n) is 20.4. The molecular weight excluding hydrogens is 490 g/mol. The van der Waals surface area contributed by atoms with Crippen LogP contribution in [0.4, 0.5) is 0 Å². The van der Waals surface area contributed by atoms with E-state index in [0.717, 1.165) is 24.5 Å². The molecule has 0 bridgehead atoms. The molecule has 0 saturated carbocycles. The van der Waals surface area contributed by atoms with Gasteiger partial charge in [0.15, 0.2) is 22.3 Å². The summed E-state index contributed by atoms with van der Waals surface area (Å²) in [5.41, 5.74) is 8.00. The van der Waals surface area contributed by atoms with E-state index >= 15 is 0 Å². The van der Waals surface area contributed by atoms with Gasteiger partial charge in [0.05, 0.1) is 12.4 Å². The van der Waals surface area contributed by atoms with Crippen molar-refractivity contribution in [1.29, 1.82) is 0 Å². The van der Waals surface area contributed by atoms with Crippen LogP contribution in [0, 0.1) is 0 Å². The number of ether oxygens (including phenoxy) is 1. The molecule has 37 heavy (non-hydrogen) atoms. The zero-order valence-corrected chi connectivity index (χ0v) is 21.2. The minimum Gasteiger partial charge on any atom is -0.494 e. The van der Waals surface area contributed by atoms with Crippen molar-refractivity contribution in [1.82, 2.24) is 29.7 Å². The van der Waals surface area contributed by atoms with Crippen LogP contribution in [0.25, 0.3) is 28.2 Å². The number of rotatable bonds is 8. The van der Waals surface area contributed by atoms with Crippen molar-refractivity contribution in [2.24, 2.45) is 5.73 Å². The maximum Gasteiger partial charge on any atom is 0.269 e. The van der Waals surface area contributed by atoms with Crippen LogP contribution in [0.15, 0.2) is 59.8 Å². The number of para-hydroxylation sites is 1. The molecular formula is C26H27N7O3S. The van der Waals surface area contributed by atoms with E-state index in [9.17, 15) is 9.59 Å². The van der Waals surface area contributed by atoms with Gasteiger partial charge in [-0.05, 0) is 43.3 Å². The summed E-state index contributed by atoms with van der Waals surface area (Å²) in [5, 5.41) is 3.79. The van der Waals surface area contributed by atoms with Crippen LogP contribution >= 0.6 is 11.8 Å². The van der Waals surface area contributed by atoms with Crippen LogP contribution in [0.3, 0.4) is 0 Å². The van der Waals surface area contributed by atoms with E-state index in [4.69, 9.17) is 20.4 Å². The number of thioether (sulfide) groups is 1. The summed E-state index contributed by atoms with van der Waals surface area (Å²) in [5.74, 6) is 0.612. The van der Waals surface area contributed by atoms with Crippen molar-refractivity contribution in [3.63, 3.8) is 0 Å². The maximum atomic E-state index is 12.9. The molecule has 3 N–H and O–H groups in total. The van der Waals surface area contributed by atoms with E-state index in [2.05, 4.69) is 10.3 Å². The fourth-order valence-electron chi connectivity index (χ4n) is 4.14. The van der Waals surface area contributed by atoms with E-state index in [1.165, 1.54) is 11.8 Å². The van der Waals surface area contributed by atoms with Gasteiger partial charge in [0.2, 0.25) is 5.91 Å². The summed E-state index contributed by atoms with van der Waals surface area (Å²) in [7, 11) is 0. The molecule has 2 aromatic heterocycles. The number of fused-ring (bicyclic) bond motifs is 1. The van der Waals surface area contributed by atoms with Gasteiger partial charge in [0.1, 0.15) is 11.3 Å². The molecule has 1 aliphatic heterocycles. The van der Waals surface area contributed by atoms with Gasteiger partial charge in [-0.1, -0.05) is 30.0 Å². The molecule has 0 unspecified atom stereocenters. The summed E-state index contributed by atoms with van der Waals surface area (Å²) >= 11 is 1.30. The van der Waals surface area contributed by atoms with Crippen LogP contribution in [-0.4, -0.2) is 74.8 Å². The summed E-state index contributed by atoms with van der Waals surface area (Å²) in [6.45, 7) is 5.40. The first-order valence-corrected chi connectivity index (χ1v) is 13.0. The first-order valence-electron chi connectivity index (χ1n) is 12.1. The van der Waals surface area contributed by atoms with E-state index in [1.807, 2.05) is 71.0 Å². The highest BCUT2D eigenvalue weighted by atomic mass is 32.2. The standard InChI is InChI=1S/C26H27N7O3S/c1-2-36-19-10-8-17(9-11-19)24-29-21(23(27)35)22-25(31-24)33(18-6-4-3-5-7-18)26(30-22)37-16-20(34)32-14-12-28-13-15-32/h3-11,28H,2,12-16H2,1H3,(H2,27,35). The summed E-state index contributed by atoms with van der Waals surface area (Å²) < 4.78 is 7.38. The Kier molecular flexibility index (Phi) is 7.33. The predicted octanol–water partition coefficient (Wildman–Crippen LogP) is 2.50. The summed E-state index contributed by atoms with van der Waals surface area (Å²) in [6, 6.07) is 16.9. The molecule has 0 radical (unpaired) electrons. The van der Waals surface area contributed by atoms with Gasteiger partial charge in [0, 0.05) is 37.4 Å². The second-order valence-electron chi connectivity index (χ2n) is 8.37. The van der Waals surface area contributed by atoms with E-state index in [0.29, 0.717) is 47.4 Å². The number of nitrogens with one attached hydrogen (secondary N) is 1. The zero-order chi connectivity index (χ0) is 25.8. The van der Waals surface area contributed by atoms with Crippen molar-refractivity contribution >= 4 is 34.7 Å². The lowest BCUT2D eigenvalue weighted by atomic mass is 10.2. The molecule has 190 valence electrons. The van der Waals surface area contributed by atoms with Gasteiger partial charge in [-0.25, -0.2) is 15.0 Å². The number of amides is 2. The van der Waals surface area contributed by atoms with Gasteiger partial charge in [-0.2, -0.15) is 0 Å². The second kappa shape index (κ2) is 11.0. The number of piperazine rings is 1. The Morgan fingerprint density at radius 1 is 1.03 bits per heavy atom. The lowest BCUT2D eigenvalue weighted by Crippen LogP contribution is -2.47. The second-order valence-corrected chi connectivity index (χ2v) is 9.32. The molecule has 5 rings (SSSR count). The number of imidazole rings is 1. The number of primary amides is 1. The van der Waals surface area contributed by atoms with Crippen LogP contribution in [0.2, 0.25) is 0 Å². The van der Waals surface area contributed by atoms with Gasteiger partial charge in [0.25, 0.3) is 5.91 Å². The number of carbonyl (C=O) groups excluding carboxylic acids is 2. The minimum absolute atomic E-state index is 0.0267. The van der Waals surface area contributed by atoms with Crippen LogP contribution in [-0.2, 0) is 4.79 Å². The van der Waals surface area contributed by atoms with Crippen molar-refractivity contribution < 1.29 is 14.3 Å². The molecule has 2 amide bonds. The molecule has 2 aromatic carbocycles. The third kappa shape index (κ3) is 5.27. The highest BCUT2D eigenvalue weighted by Crippen LogP contribution is 2.30. The Morgan fingerprint density at radius 2 is 1.76 bits per heavy atom. The molecule has 0 atom stereocenters. The molecule has 1 aliphatic rings. The highest BCUT2D eigenvalue weighted by molar-refractivity contribution is 7.99. The van der Waals surface area contributed by atoms with E-state index < -0.39 is 5.91 Å². The lowest BCUT2D eigenvalue weighted by molar-refractivity contribution is -0.128. The number of benzene rings is 2. The van der Waals surface area contributed by atoms with Gasteiger partial charge < -0.3 is 20.7 Å². The van der Waals surface area contributed by atoms with Crippen molar-refractivity contribution in [3.05, 3.63) is 60.3 Å². The van der Waals surface area contributed by atoms with Crippen molar-refractivity contribution in [2.45, 2.75) is 12.1 Å². The number of nitrogens with two attached hydrogens (primary N) is 1. The molecule has 0 spiro atoms. The Labute approximate surface area is 218 Å². The summed E-state index contributed by atoms with van der Waals surface area (Å²) in [4.78, 5) is 41.1. The number of aromatic nitrogens is 4. The first kappa shape index (κ1) is 24.7. The average Bonchev–Trinajstić information content (AvgIpc) is 3.31. The largest absolute Gasteiger partial charge is 0.494 e. The van der Waals surface area contributed by atoms with E-state index in [-0.39, 0.29) is 17.4 Å². The lowest BCUT2D eigenvalue weighted by Gasteiger charge is -2.27. The molecule has 4 aromatic rings. The van der Waals surface area contributed by atoms with Crippen LogP contribution < -0.4 is 15.8 Å². The SMILES string of the molecule is CCOc1ccc(-c2nc(C(N)=O)c3nc(SCC(=O)N4CCNCC4)n(-c4ccccc4)c3n2)cc1. The molecule has 0 aliphatic carbocycles. The Bertz CT molecular complexity index is 1420. The van der Waals surface area contributed by atoms with E-state index in [1.54, 1.807) is 0 Å². The fourth-order valence-corrected chi connectivity index (χ4v) is 5.06. The van der Waals surface area contributed by atoms with Gasteiger partial charge in [-0.3, -0.25) is 14.2 Å². The number of nitrogens with zero attached hydrogens (tertiary/aromatic N) is 5. The normalized spacial score (nSPS) is 13.6. The molecule has 1 saturated heterocycles. The minimum atomic E-state index is -0.703. The van der Waals surface area contributed by atoms with Crippen molar-refractivity contribution in [2.75, 3.05) is 38.5 Å². The average molecular weight is 518 g/mol. The fraction of sp³-hybridized carbons (Fsp3) is 0.269. The third-order valence-electron chi connectivity index (χ3n) is 5.94. The smallest absolute Gasteiger partial charge is 0.269 e. The number of hydrogen-bond donors (Lipinski definition) is 2. The van der Waals surface area contributed by atoms with Gasteiger partial charge >= 0.3 is 0 Å². The topological polar surface area (TPSA) is 128 Å². The predicted molar refractivity (Wildman–Crippen MR) is 142 cm³/mol. The van der Waals surface area contributed by atoms with Gasteiger partial charge in [-0.15, -0.1) is 0 Å². The van der Waals surface area contributed by atoms with Crippen LogP contribution in [0.5, 0.6) is 5.75 Å². The molecule has 11 heteroatoms. The third-order valence-corrected chi connectivity index (χ3v) is 6.87. The van der Waals surface area contributed by atoms with Crippen LogP contribution in [0.1, 0.15) is 17.4 Å². The monoisotopic (exact) mass is 517 g/mol. The number of carbonyl (C=O) groups is 2. The highest BCUT2D eigenvalue weighted by Gasteiger charge is 2.24. The Balaban J connectivity index is 1.59. The molecule has 3 heterocycles.